The number of nitrogens with zero attached hydrogens (tertiary/aromatic N) is 1. The maximum atomic E-state index is 10.3. The number of hydrogen-bond donors (Lipinski definition) is 3. The van der Waals surface area contributed by atoms with Crippen LogP contribution in [-0.2, 0) is 0 Å². The zero-order valence-electron chi connectivity index (χ0n) is 14.4. The molecule has 0 aromatic heterocycles. The van der Waals surface area contributed by atoms with Crippen LogP contribution in [0.3, 0.4) is 0 Å². The number of hydrogen-bond acceptors (Lipinski definition) is 4. The van der Waals surface area contributed by atoms with E-state index in [1.54, 1.807) is 11.8 Å². The van der Waals surface area contributed by atoms with Crippen molar-refractivity contribution in [1.29, 1.82) is 0 Å². The molecule has 1 heterocycles. The number of aliphatic imine (C=N–C) groups is 1. The van der Waals surface area contributed by atoms with E-state index in [1.807, 2.05) is 31.2 Å². The summed E-state index contributed by atoms with van der Waals surface area (Å²) in [6.45, 7) is 6.54. The van der Waals surface area contributed by atoms with Crippen molar-refractivity contribution >= 4 is 41.7 Å². The molecule has 1 aliphatic rings. The highest BCUT2D eigenvalue weighted by Gasteiger charge is 2.31. The largest absolute Gasteiger partial charge is 0.492 e. The number of thioether (sulfide) groups is 1. The summed E-state index contributed by atoms with van der Waals surface area (Å²) in [5, 5.41) is 16.8. The molecule has 5 nitrogen and oxygen atoms in total. The molecule has 1 aromatic rings. The van der Waals surface area contributed by atoms with Gasteiger partial charge in [0.05, 0.1) is 18.7 Å². The SMILES string of the molecule is CCNC(=NCC1(O)CCSC1)NCCOc1ccc(C)cc1.I. The Bertz CT molecular complexity index is 505. The summed E-state index contributed by atoms with van der Waals surface area (Å²) in [7, 11) is 0. The van der Waals surface area contributed by atoms with Gasteiger partial charge in [0.1, 0.15) is 12.4 Å². The third kappa shape index (κ3) is 7.48. The van der Waals surface area contributed by atoms with Crippen molar-refractivity contribution in [1.82, 2.24) is 10.6 Å². The van der Waals surface area contributed by atoms with E-state index in [0.29, 0.717) is 19.7 Å². The molecule has 1 fully saturated rings. The number of guanidine groups is 1. The lowest BCUT2D eigenvalue weighted by Crippen LogP contribution is -2.41. The lowest BCUT2D eigenvalue weighted by molar-refractivity contribution is 0.0778. The fraction of sp³-hybridized carbons (Fsp3) is 0.588. The Kier molecular flexibility index (Phi) is 9.84. The van der Waals surface area contributed by atoms with E-state index in [0.717, 1.165) is 36.2 Å². The van der Waals surface area contributed by atoms with Crippen molar-refractivity contribution in [2.24, 2.45) is 4.99 Å². The molecule has 1 atom stereocenters. The summed E-state index contributed by atoms with van der Waals surface area (Å²) >= 11 is 1.79. The molecule has 2 rings (SSSR count). The van der Waals surface area contributed by atoms with Crippen LogP contribution in [0.25, 0.3) is 0 Å². The first-order valence-electron chi connectivity index (χ1n) is 8.13. The monoisotopic (exact) mass is 465 g/mol. The molecule has 136 valence electrons. The Morgan fingerprint density at radius 2 is 2.08 bits per heavy atom. The maximum absolute atomic E-state index is 10.3. The van der Waals surface area contributed by atoms with Crippen LogP contribution in [0.15, 0.2) is 29.3 Å². The highest BCUT2D eigenvalue weighted by Crippen LogP contribution is 2.27. The molecular formula is C17H28IN3O2S. The third-order valence-electron chi connectivity index (χ3n) is 3.64. The van der Waals surface area contributed by atoms with E-state index in [4.69, 9.17) is 4.74 Å². The molecule has 1 unspecified atom stereocenters. The Morgan fingerprint density at radius 3 is 2.71 bits per heavy atom. The van der Waals surface area contributed by atoms with E-state index >= 15 is 0 Å². The van der Waals surface area contributed by atoms with Gasteiger partial charge in [0.2, 0.25) is 0 Å². The van der Waals surface area contributed by atoms with Gasteiger partial charge < -0.3 is 20.5 Å². The molecule has 3 N–H and O–H groups in total. The number of halogens is 1. The van der Waals surface area contributed by atoms with Crippen molar-refractivity contribution in [2.45, 2.75) is 25.9 Å². The first-order valence-corrected chi connectivity index (χ1v) is 9.28. The summed E-state index contributed by atoms with van der Waals surface area (Å²) in [6.07, 6.45) is 0.817. The highest BCUT2D eigenvalue weighted by atomic mass is 127. The topological polar surface area (TPSA) is 65.9 Å². The lowest BCUT2D eigenvalue weighted by Gasteiger charge is -2.19. The van der Waals surface area contributed by atoms with Crippen LogP contribution in [0.5, 0.6) is 5.75 Å². The van der Waals surface area contributed by atoms with E-state index < -0.39 is 5.60 Å². The molecule has 0 amide bonds. The van der Waals surface area contributed by atoms with Gasteiger partial charge >= 0.3 is 0 Å². The van der Waals surface area contributed by atoms with Gasteiger partial charge in [0, 0.05) is 12.3 Å². The minimum Gasteiger partial charge on any atom is -0.492 e. The van der Waals surface area contributed by atoms with Gasteiger partial charge in [0.15, 0.2) is 5.96 Å². The minimum atomic E-state index is -0.647. The standard InChI is InChI=1S/C17H27N3O2S.HI/c1-3-18-16(20-12-17(21)8-11-23-13-17)19-9-10-22-15-6-4-14(2)5-7-15;/h4-7,21H,3,8-13H2,1-2H3,(H2,18,19,20);1H. The molecule has 1 aromatic carbocycles. The second-order valence-electron chi connectivity index (χ2n) is 5.81. The van der Waals surface area contributed by atoms with Gasteiger partial charge in [-0.1, -0.05) is 17.7 Å². The zero-order chi connectivity index (χ0) is 16.5. The van der Waals surface area contributed by atoms with E-state index in [-0.39, 0.29) is 24.0 Å². The van der Waals surface area contributed by atoms with Gasteiger partial charge in [-0.25, -0.2) is 0 Å². The van der Waals surface area contributed by atoms with Crippen LogP contribution < -0.4 is 15.4 Å². The summed E-state index contributed by atoms with van der Waals surface area (Å²) < 4.78 is 5.69. The second-order valence-corrected chi connectivity index (χ2v) is 6.92. The fourth-order valence-electron chi connectivity index (χ4n) is 2.26. The predicted octanol–water partition coefficient (Wildman–Crippen LogP) is 2.41. The van der Waals surface area contributed by atoms with E-state index in [9.17, 15) is 5.11 Å². The Morgan fingerprint density at radius 1 is 1.33 bits per heavy atom. The van der Waals surface area contributed by atoms with Crippen molar-refractivity contribution in [3.63, 3.8) is 0 Å². The quantitative estimate of drug-likeness (QED) is 0.250. The molecule has 24 heavy (non-hydrogen) atoms. The van der Waals surface area contributed by atoms with Gasteiger partial charge in [-0.2, -0.15) is 11.8 Å². The summed E-state index contributed by atoms with van der Waals surface area (Å²) in [5.41, 5.74) is 0.575. The van der Waals surface area contributed by atoms with Gasteiger partial charge in [-0.05, 0) is 38.2 Å². The molecular weight excluding hydrogens is 437 g/mol. The molecule has 1 saturated heterocycles. The number of rotatable bonds is 7. The van der Waals surface area contributed by atoms with Gasteiger partial charge in [-0.3, -0.25) is 4.99 Å². The molecule has 1 aliphatic heterocycles. The van der Waals surface area contributed by atoms with Crippen LogP contribution in [0.4, 0.5) is 0 Å². The number of nitrogens with one attached hydrogen (secondary N) is 2. The first kappa shape index (κ1) is 21.4. The second kappa shape index (κ2) is 11.0. The Balaban J connectivity index is 0.00000288. The van der Waals surface area contributed by atoms with Gasteiger partial charge in [0.25, 0.3) is 0 Å². The summed E-state index contributed by atoms with van der Waals surface area (Å²) in [6, 6.07) is 8.02. The van der Waals surface area contributed by atoms with Crippen LogP contribution in [0.2, 0.25) is 0 Å². The number of ether oxygens (including phenoxy) is 1. The Labute approximate surface area is 166 Å². The fourth-order valence-corrected chi connectivity index (χ4v) is 3.55. The van der Waals surface area contributed by atoms with Crippen LogP contribution in [0.1, 0.15) is 18.9 Å². The molecule has 0 spiro atoms. The number of benzene rings is 1. The molecule has 0 bridgehead atoms. The predicted molar refractivity (Wildman–Crippen MR) is 113 cm³/mol. The normalized spacial score (nSPS) is 20.4. The minimum absolute atomic E-state index is 0. The highest BCUT2D eigenvalue weighted by molar-refractivity contribution is 14.0. The summed E-state index contributed by atoms with van der Waals surface area (Å²) in [5.74, 6) is 3.38. The molecule has 0 saturated carbocycles. The molecule has 0 radical (unpaired) electrons. The maximum Gasteiger partial charge on any atom is 0.191 e. The van der Waals surface area contributed by atoms with Crippen molar-refractivity contribution < 1.29 is 9.84 Å². The van der Waals surface area contributed by atoms with Crippen LogP contribution >= 0.6 is 35.7 Å². The van der Waals surface area contributed by atoms with E-state index in [2.05, 4.69) is 22.5 Å². The average Bonchev–Trinajstić information content (AvgIpc) is 2.98. The molecule has 7 heteroatoms. The van der Waals surface area contributed by atoms with Gasteiger partial charge in [-0.15, -0.1) is 24.0 Å². The van der Waals surface area contributed by atoms with Crippen molar-refractivity contribution in [2.75, 3.05) is 37.7 Å². The average molecular weight is 465 g/mol. The lowest BCUT2D eigenvalue weighted by atomic mass is 10.1. The smallest absolute Gasteiger partial charge is 0.191 e. The number of aliphatic hydroxyl groups is 1. The molecule has 0 aliphatic carbocycles. The van der Waals surface area contributed by atoms with E-state index in [1.165, 1.54) is 5.56 Å². The van der Waals surface area contributed by atoms with Crippen molar-refractivity contribution in [3.8, 4) is 5.75 Å². The zero-order valence-corrected chi connectivity index (χ0v) is 17.5. The number of aryl methyl sites for hydroxylation is 1. The Hall–Kier alpha value is -0.670. The van der Waals surface area contributed by atoms with Crippen molar-refractivity contribution in [3.05, 3.63) is 29.8 Å². The van der Waals surface area contributed by atoms with Crippen LogP contribution in [-0.4, -0.2) is 54.4 Å². The first-order chi connectivity index (χ1) is 11.1. The summed E-state index contributed by atoms with van der Waals surface area (Å²) in [4.78, 5) is 4.50. The van der Waals surface area contributed by atoms with Crippen LogP contribution in [0, 0.1) is 6.92 Å². The third-order valence-corrected chi connectivity index (χ3v) is 4.88.